The first-order valence-electron chi connectivity index (χ1n) is 8.47. The number of aromatic nitrogens is 2. The van der Waals surface area contributed by atoms with Crippen molar-refractivity contribution in [2.24, 2.45) is 5.92 Å². The van der Waals surface area contributed by atoms with Crippen LogP contribution < -0.4 is 16.0 Å². The van der Waals surface area contributed by atoms with Gasteiger partial charge in [-0.05, 0) is 31.6 Å². The number of nitrogens with one attached hydrogen (secondary N) is 1. The van der Waals surface area contributed by atoms with Crippen molar-refractivity contribution < 1.29 is 9.66 Å². The predicted molar refractivity (Wildman–Crippen MR) is 91.2 cm³/mol. The molecule has 2 aliphatic heterocycles. The van der Waals surface area contributed by atoms with Crippen LogP contribution in [0.1, 0.15) is 32.6 Å². The van der Waals surface area contributed by atoms with Crippen molar-refractivity contribution in [3.05, 3.63) is 10.1 Å². The number of nitrogen functional groups attached to an aromatic ring is 1. The lowest BCUT2D eigenvalue weighted by Crippen LogP contribution is -2.34. The van der Waals surface area contributed by atoms with E-state index in [-0.39, 0.29) is 23.4 Å². The number of nitrogens with two attached hydrogens (primary N) is 1. The van der Waals surface area contributed by atoms with Crippen LogP contribution in [-0.2, 0) is 4.74 Å². The van der Waals surface area contributed by atoms with E-state index in [1.54, 1.807) is 0 Å². The van der Waals surface area contributed by atoms with Gasteiger partial charge in [-0.2, -0.15) is 9.97 Å². The van der Waals surface area contributed by atoms with Gasteiger partial charge in [-0.25, -0.2) is 0 Å². The molecule has 0 bridgehead atoms. The summed E-state index contributed by atoms with van der Waals surface area (Å²) in [7, 11) is 0. The Morgan fingerprint density at radius 1 is 1.38 bits per heavy atom. The molecule has 0 aliphatic carbocycles. The number of hydrogen-bond donors (Lipinski definition) is 2. The Hall–Kier alpha value is -2.16. The smallest absolute Gasteiger partial charge is 0.353 e. The number of rotatable bonds is 5. The number of piperidine rings is 1. The van der Waals surface area contributed by atoms with Crippen LogP contribution in [0.25, 0.3) is 0 Å². The molecule has 2 fully saturated rings. The summed E-state index contributed by atoms with van der Waals surface area (Å²) in [5, 5.41) is 14.4. The Bertz CT molecular complexity index is 597. The molecule has 0 saturated carbocycles. The largest absolute Gasteiger partial charge is 0.378 e. The molecule has 0 spiro atoms. The zero-order valence-corrected chi connectivity index (χ0v) is 13.9. The standard InChI is InChI=1S/C15H24N6O3/c1-10-4-6-20(7-5-10)15-18-13(16)12(21(22)23)14(19-15)17-9-11-3-2-8-24-11/h10-11H,2-9H2,1H3,(H3,16,17,18,19)/t11-/m0/s1. The van der Waals surface area contributed by atoms with E-state index in [2.05, 4.69) is 22.2 Å². The molecule has 1 aromatic heterocycles. The molecule has 0 amide bonds. The molecule has 3 rings (SSSR count). The molecule has 1 aromatic rings. The Labute approximate surface area is 140 Å². The fourth-order valence-corrected chi connectivity index (χ4v) is 3.13. The van der Waals surface area contributed by atoms with Crippen LogP contribution in [-0.4, -0.2) is 47.2 Å². The van der Waals surface area contributed by atoms with Crippen molar-refractivity contribution in [1.29, 1.82) is 0 Å². The van der Waals surface area contributed by atoms with Crippen molar-refractivity contribution in [3.63, 3.8) is 0 Å². The van der Waals surface area contributed by atoms with Crippen LogP contribution in [0.4, 0.5) is 23.3 Å². The molecule has 3 N–H and O–H groups in total. The maximum absolute atomic E-state index is 11.3. The average Bonchev–Trinajstić information content (AvgIpc) is 3.06. The summed E-state index contributed by atoms with van der Waals surface area (Å²) >= 11 is 0. The summed E-state index contributed by atoms with van der Waals surface area (Å²) in [4.78, 5) is 21.4. The minimum Gasteiger partial charge on any atom is -0.378 e. The van der Waals surface area contributed by atoms with E-state index in [1.165, 1.54) is 0 Å². The molecule has 2 saturated heterocycles. The fourth-order valence-electron chi connectivity index (χ4n) is 3.13. The molecular formula is C15H24N6O3. The topological polar surface area (TPSA) is 119 Å². The average molecular weight is 336 g/mol. The van der Waals surface area contributed by atoms with E-state index in [4.69, 9.17) is 10.5 Å². The van der Waals surface area contributed by atoms with Crippen LogP contribution in [0.2, 0.25) is 0 Å². The molecule has 9 nitrogen and oxygen atoms in total. The Balaban J connectivity index is 1.81. The molecule has 0 aromatic carbocycles. The lowest BCUT2D eigenvalue weighted by molar-refractivity contribution is -0.383. The predicted octanol–water partition coefficient (Wildman–Crippen LogP) is 1.79. The Morgan fingerprint density at radius 2 is 2.12 bits per heavy atom. The SMILES string of the molecule is CC1CCN(c2nc(N)c([N+](=O)[O-])c(NC[C@@H]3CCCO3)n2)CC1. The van der Waals surface area contributed by atoms with E-state index in [9.17, 15) is 10.1 Å². The number of anilines is 3. The molecule has 0 unspecified atom stereocenters. The highest BCUT2D eigenvalue weighted by atomic mass is 16.6. The quantitative estimate of drug-likeness (QED) is 0.617. The molecule has 132 valence electrons. The minimum atomic E-state index is -0.533. The molecule has 0 radical (unpaired) electrons. The summed E-state index contributed by atoms with van der Waals surface area (Å²) < 4.78 is 5.55. The highest BCUT2D eigenvalue weighted by molar-refractivity contribution is 5.70. The number of nitro groups is 1. The van der Waals surface area contributed by atoms with E-state index in [0.717, 1.165) is 45.4 Å². The van der Waals surface area contributed by atoms with Gasteiger partial charge in [0.15, 0.2) is 0 Å². The summed E-state index contributed by atoms with van der Waals surface area (Å²) in [5.41, 5.74) is 5.59. The zero-order valence-electron chi connectivity index (χ0n) is 13.9. The van der Waals surface area contributed by atoms with E-state index < -0.39 is 4.92 Å². The first-order valence-corrected chi connectivity index (χ1v) is 8.47. The van der Waals surface area contributed by atoms with Crippen LogP contribution >= 0.6 is 0 Å². The van der Waals surface area contributed by atoms with Crippen LogP contribution in [0.5, 0.6) is 0 Å². The van der Waals surface area contributed by atoms with Gasteiger partial charge in [0.25, 0.3) is 0 Å². The summed E-state index contributed by atoms with van der Waals surface area (Å²) in [6.07, 6.45) is 4.12. The third kappa shape index (κ3) is 3.66. The highest BCUT2D eigenvalue weighted by Gasteiger charge is 2.27. The van der Waals surface area contributed by atoms with Crippen LogP contribution in [0.3, 0.4) is 0 Å². The van der Waals surface area contributed by atoms with Gasteiger partial charge in [0.05, 0.1) is 11.0 Å². The van der Waals surface area contributed by atoms with E-state index >= 15 is 0 Å². The summed E-state index contributed by atoms with van der Waals surface area (Å²) in [5.74, 6) is 1.21. The minimum absolute atomic E-state index is 0.0556. The van der Waals surface area contributed by atoms with Gasteiger partial charge in [-0.15, -0.1) is 0 Å². The van der Waals surface area contributed by atoms with E-state index in [1.807, 2.05) is 4.90 Å². The fraction of sp³-hybridized carbons (Fsp3) is 0.733. The van der Waals surface area contributed by atoms with Gasteiger partial charge in [0.1, 0.15) is 0 Å². The number of nitrogens with zero attached hydrogens (tertiary/aromatic N) is 4. The molecule has 3 heterocycles. The Morgan fingerprint density at radius 3 is 2.75 bits per heavy atom. The second-order valence-corrected chi connectivity index (χ2v) is 6.55. The van der Waals surface area contributed by atoms with Gasteiger partial charge >= 0.3 is 5.69 Å². The molecular weight excluding hydrogens is 312 g/mol. The maximum Gasteiger partial charge on any atom is 0.353 e. The first-order chi connectivity index (χ1) is 11.5. The normalized spacial score (nSPS) is 21.9. The second-order valence-electron chi connectivity index (χ2n) is 6.55. The van der Waals surface area contributed by atoms with Gasteiger partial charge in [0.2, 0.25) is 17.6 Å². The van der Waals surface area contributed by atoms with Crippen LogP contribution in [0, 0.1) is 16.0 Å². The maximum atomic E-state index is 11.3. The van der Waals surface area contributed by atoms with Crippen molar-refractivity contribution in [2.75, 3.05) is 42.2 Å². The van der Waals surface area contributed by atoms with Crippen molar-refractivity contribution in [2.45, 2.75) is 38.7 Å². The second kappa shape index (κ2) is 7.16. The number of ether oxygens (including phenoxy) is 1. The van der Waals surface area contributed by atoms with Crippen molar-refractivity contribution in [3.8, 4) is 0 Å². The van der Waals surface area contributed by atoms with E-state index in [0.29, 0.717) is 18.4 Å². The highest BCUT2D eigenvalue weighted by Crippen LogP contribution is 2.31. The monoisotopic (exact) mass is 336 g/mol. The summed E-state index contributed by atoms with van der Waals surface area (Å²) in [6, 6.07) is 0. The molecule has 24 heavy (non-hydrogen) atoms. The lowest BCUT2D eigenvalue weighted by Gasteiger charge is -2.30. The third-order valence-corrected chi connectivity index (χ3v) is 4.67. The lowest BCUT2D eigenvalue weighted by atomic mass is 10.00. The Kier molecular flexibility index (Phi) is 4.98. The first kappa shape index (κ1) is 16.7. The van der Waals surface area contributed by atoms with Gasteiger partial charge < -0.3 is 20.7 Å². The van der Waals surface area contributed by atoms with Crippen molar-refractivity contribution in [1.82, 2.24) is 9.97 Å². The van der Waals surface area contributed by atoms with Crippen LogP contribution in [0.15, 0.2) is 0 Å². The molecule has 1 atom stereocenters. The molecule has 9 heteroatoms. The summed E-state index contributed by atoms with van der Waals surface area (Å²) in [6.45, 7) is 5.11. The zero-order chi connectivity index (χ0) is 17.1. The third-order valence-electron chi connectivity index (χ3n) is 4.67. The number of hydrogen-bond acceptors (Lipinski definition) is 8. The van der Waals surface area contributed by atoms with Gasteiger partial charge in [-0.3, -0.25) is 10.1 Å². The van der Waals surface area contributed by atoms with Gasteiger partial charge in [-0.1, -0.05) is 6.92 Å². The van der Waals surface area contributed by atoms with Gasteiger partial charge in [0, 0.05) is 26.2 Å². The molecule has 2 aliphatic rings. The van der Waals surface area contributed by atoms with Crippen molar-refractivity contribution >= 4 is 23.3 Å².